The van der Waals surface area contributed by atoms with Gasteiger partial charge in [-0.2, -0.15) is 13.2 Å². The van der Waals surface area contributed by atoms with Gasteiger partial charge in [0.15, 0.2) is 0 Å². The lowest BCUT2D eigenvalue weighted by Gasteiger charge is -2.11. The summed E-state index contributed by atoms with van der Waals surface area (Å²) in [5.74, 6) is 0. The van der Waals surface area contributed by atoms with Crippen molar-refractivity contribution in [1.82, 2.24) is 4.57 Å². The summed E-state index contributed by atoms with van der Waals surface area (Å²) in [6, 6.07) is 0.597. The zero-order valence-electron chi connectivity index (χ0n) is 8.09. The van der Waals surface area contributed by atoms with Gasteiger partial charge in [0.25, 0.3) is 5.56 Å². The van der Waals surface area contributed by atoms with Gasteiger partial charge in [-0.25, -0.2) is 0 Å². The molecule has 0 radical (unpaired) electrons. The minimum atomic E-state index is -4.54. The van der Waals surface area contributed by atoms with Crippen molar-refractivity contribution >= 4 is 11.6 Å². The van der Waals surface area contributed by atoms with Gasteiger partial charge in [-0.1, -0.05) is 11.6 Å². The highest BCUT2D eigenvalue weighted by molar-refractivity contribution is 6.30. The first-order valence-electron chi connectivity index (χ1n) is 4.44. The van der Waals surface area contributed by atoms with Crippen LogP contribution in [0.1, 0.15) is 12.0 Å². The van der Waals surface area contributed by atoms with Gasteiger partial charge in [-0.05, 0) is 12.5 Å². The Morgan fingerprint density at radius 2 is 2.06 bits per heavy atom. The minimum Gasteiger partial charge on any atom is -0.396 e. The largest absolute Gasteiger partial charge is 0.417 e. The van der Waals surface area contributed by atoms with E-state index in [9.17, 15) is 18.0 Å². The maximum Gasteiger partial charge on any atom is 0.417 e. The second-order valence-electron chi connectivity index (χ2n) is 3.15. The Hall–Kier alpha value is -1.01. The normalized spacial score (nSPS) is 11.8. The first-order chi connectivity index (χ1) is 7.36. The maximum atomic E-state index is 12.4. The molecule has 1 rings (SSSR count). The molecule has 0 spiro atoms. The Kier molecular flexibility index (Phi) is 3.98. The first kappa shape index (κ1) is 13.1. The third kappa shape index (κ3) is 2.99. The number of hydrogen-bond acceptors (Lipinski definition) is 2. The van der Waals surface area contributed by atoms with Crippen LogP contribution >= 0.6 is 11.6 Å². The van der Waals surface area contributed by atoms with Gasteiger partial charge in [-0.15, -0.1) is 0 Å². The van der Waals surface area contributed by atoms with Gasteiger partial charge in [0, 0.05) is 19.3 Å². The molecule has 16 heavy (non-hydrogen) atoms. The summed E-state index contributed by atoms with van der Waals surface area (Å²) in [5, 5.41) is 8.07. The molecule has 1 aromatic rings. The number of hydrogen-bond donors (Lipinski definition) is 1. The molecule has 0 unspecified atom stereocenters. The predicted octanol–water partition coefficient (Wildman–Crippen LogP) is 1.90. The van der Waals surface area contributed by atoms with Crippen molar-refractivity contribution in [3.05, 3.63) is 33.2 Å². The van der Waals surface area contributed by atoms with E-state index in [4.69, 9.17) is 16.7 Å². The van der Waals surface area contributed by atoms with Gasteiger partial charge in [-0.3, -0.25) is 4.79 Å². The number of aromatic nitrogens is 1. The quantitative estimate of drug-likeness (QED) is 0.896. The second-order valence-corrected chi connectivity index (χ2v) is 3.56. The molecule has 0 atom stereocenters. The fraction of sp³-hybridized carbons (Fsp3) is 0.444. The van der Waals surface area contributed by atoms with Gasteiger partial charge in [0.1, 0.15) is 5.02 Å². The third-order valence-corrected chi connectivity index (χ3v) is 2.20. The van der Waals surface area contributed by atoms with Gasteiger partial charge in [0.05, 0.1) is 5.56 Å². The molecule has 0 aliphatic heterocycles. The highest BCUT2D eigenvalue weighted by Crippen LogP contribution is 2.29. The molecular formula is C9H9ClF3NO2. The van der Waals surface area contributed by atoms with Crippen LogP contribution in [0, 0.1) is 0 Å². The molecule has 0 fully saturated rings. The Morgan fingerprint density at radius 1 is 1.44 bits per heavy atom. The molecule has 0 saturated carbocycles. The number of aliphatic hydroxyl groups excluding tert-OH is 1. The van der Waals surface area contributed by atoms with Crippen molar-refractivity contribution in [2.75, 3.05) is 6.61 Å². The van der Waals surface area contributed by atoms with E-state index in [0.717, 1.165) is 4.57 Å². The molecular weight excluding hydrogens is 247 g/mol. The average Bonchev–Trinajstić information content (AvgIpc) is 2.18. The summed E-state index contributed by atoms with van der Waals surface area (Å²) < 4.78 is 38.0. The molecule has 0 aliphatic carbocycles. The first-order valence-corrected chi connectivity index (χ1v) is 4.82. The number of alkyl halides is 3. The SMILES string of the molecule is O=c1c(Cl)cc(C(F)(F)F)cn1CCCO. The third-order valence-electron chi connectivity index (χ3n) is 1.93. The number of halogens is 4. The molecule has 0 aliphatic rings. The average molecular weight is 256 g/mol. The van der Waals surface area contributed by atoms with E-state index >= 15 is 0 Å². The highest BCUT2D eigenvalue weighted by atomic mass is 35.5. The molecule has 7 heteroatoms. The topological polar surface area (TPSA) is 42.2 Å². The Labute approximate surface area is 94.1 Å². The molecule has 3 nitrogen and oxygen atoms in total. The van der Waals surface area contributed by atoms with Crippen LogP contribution in [0.5, 0.6) is 0 Å². The molecule has 0 amide bonds. The van der Waals surface area contributed by atoms with Crippen LogP contribution < -0.4 is 5.56 Å². The van der Waals surface area contributed by atoms with Crippen LogP contribution in [-0.4, -0.2) is 16.3 Å². The molecule has 0 bridgehead atoms. The van der Waals surface area contributed by atoms with Crippen molar-refractivity contribution in [3.63, 3.8) is 0 Å². The van der Waals surface area contributed by atoms with E-state index < -0.39 is 22.3 Å². The Bertz CT molecular complexity index is 428. The van der Waals surface area contributed by atoms with Gasteiger partial charge in [0.2, 0.25) is 0 Å². The van der Waals surface area contributed by atoms with Gasteiger partial charge >= 0.3 is 6.18 Å². The lowest BCUT2D eigenvalue weighted by Crippen LogP contribution is -2.23. The highest BCUT2D eigenvalue weighted by Gasteiger charge is 2.31. The standard InChI is InChI=1S/C9H9ClF3NO2/c10-7-4-6(9(11,12)13)5-14(8(7)16)2-1-3-15/h4-5,15H,1-3H2. The van der Waals surface area contributed by atoms with Crippen LogP contribution in [0.2, 0.25) is 5.02 Å². The molecule has 0 saturated heterocycles. The van der Waals surface area contributed by atoms with Crippen LogP contribution in [0.4, 0.5) is 13.2 Å². The van der Waals surface area contributed by atoms with Crippen molar-refractivity contribution < 1.29 is 18.3 Å². The zero-order chi connectivity index (χ0) is 12.3. The molecule has 1 aromatic heterocycles. The smallest absolute Gasteiger partial charge is 0.396 e. The van der Waals surface area contributed by atoms with Crippen LogP contribution in [0.25, 0.3) is 0 Å². The number of aryl methyl sites for hydroxylation is 1. The predicted molar refractivity (Wildman–Crippen MR) is 52.4 cm³/mol. The van der Waals surface area contributed by atoms with E-state index in [-0.39, 0.29) is 19.6 Å². The maximum absolute atomic E-state index is 12.4. The van der Waals surface area contributed by atoms with Crippen molar-refractivity contribution in [3.8, 4) is 0 Å². The second kappa shape index (κ2) is 4.88. The summed E-state index contributed by atoms with van der Waals surface area (Å²) in [6.07, 6.45) is -3.65. The van der Waals surface area contributed by atoms with Gasteiger partial charge < -0.3 is 9.67 Å². The number of aliphatic hydroxyl groups is 1. The van der Waals surface area contributed by atoms with Crippen molar-refractivity contribution in [1.29, 1.82) is 0 Å². The van der Waals surface area contributed by atoms with Crippen LogP contribution in [-0.2, 0) is 12.7 Å². The fourth-order valence-electron chi connectivity index (χ4n) is 1.16. The Morgan fingerprint density at radius 3 is 2.56 bits per heavy atom. The number of nitrogens with zero attached hydrogens (tertiary/aromatic N) is 1. The molecule has 1 N–H and O–H groups in total. The van der Waals surface area contributed by atoms with E-state index in [2.05, 4.69) is 0 Å². The minimum absolute atomic E-state index is 0.00102. The molecule has 1 heterocycles. The summed E-state index contributed by atoms with van der Waals surface area (Å²) in [5.41, 5.74) is -1.67. The summed E-state index contributed by atoms with van der Waals surface area (Å²) in [7, 11) is 0. The monoisotopic (exact) mass is 255 g/mol. The summed E-state index contributed by atoms with van der Waals surface area (Å²) in [6.45, 7) is -0.209. The number of rotatable bonds is 3. The summed E-state index contributed by atoms with van der Waals surface area (Å²) >= 11 is 5.41. The Balaban J connectivity index is 3.17. The lowest BCUT2D eigenvalue weighted by atomic mass is 10.2. The van der Waals surface area contributed by atoms with Crippen molar-refractivity contribution in [2.24, 2.45) is 0 Å². The van der Waals surface area contributed by atoms with E-state index in [1.54, 1.807) is 0 Å². The number of pyridine rings is 1. The van der Waals surface area contributed by atoms with Crippen LogP contribution in [0.15, 0.2) is 17.1 Å². The lowest BCUT2D eigenvalue weighted by molar-refractivity contribution is -0.138. The molecule has 90 valence electrons. The van der Waals surface area contributed by atoms with E-state index in [1.165, 1.54) is 0 Å². The summed E-state index contributed by atoms with van der Waals surface area (Å²) in [4.78, 5) is 11.3. The fourth-order valence-corrected chi connectivity index (χ4v) is 1.39. The van der Waals surface area contributed by atoms with Crippen LogP contribution in [0.3, 0.4) is 0 Å². The van der Waals surface area contributed by atoms with Crippen molar-refractivity contribution in [2.45, 2.75) is 19.1 Å². The van der Waals surface area contributed by atoms with E-state index in [1.807, 2.05) is 0 Å². The van der Waals surface area contributed by atoms with E-state index in [0.29, 0.717) is 12.3 Å². The zero-order valence-corrected chi connectivity index (χ0v) is 8.85. The molecule has 0 aromatic carbocycles.